The lowest BCUT2D eigenvalue weighted by molar-refractivity contribution is -0.145. The Morgan fingerprint density at radius 2 is 2.29 bits per heavy atom. The minimum absolute atomic E-state index is 0.105. The molecule has 0 radical (unpaired) electrons. The van der Waals surface area contributed by atoms with Gasteiger partial charge in [-0.05, 0) is 13.8 Å². The highest BCUT2D eigenvalue weighted by molar-refractivity contribution is 7.13. The Balaban J connectivity index is 2.81. The molecule has 1 amide bonds. The molecule has 1 heterocycles. The van der Waals surface area contributed by atoms with Crippen molar-refractivity contribution >= 4 is 23.2 Å². The van der Waals surface area contributed by atoms with Crippen LogP contribution in [0.4, 0.5) is 0 Å². The number of carbonyl (C=O) groups excluding carboxylic acids is 1. The zero-order chi connectivity index (χ0) is 13.1. The predicted octanol–water partition coefficient (Wildman–Crippen LogP) is 0.671. The normalized spacial score (nSPS) is 14.1. The van der Waals surface area contributed by atoms with E-state index in [-0.39, 0.29) is 6.61 Å². The summed E-state index contributed by atoms with van der Waals surface area (Å²) in [7, 11) is 1.38. The number of aliphatic carboxylic acids is 1. The maximum absolute atomic E-state index is 11.8. The fraction of sp³-hybridized carbons (Fsp3) is 0.500. The first kappa shape index (κ1) is 13.6. The van der Waals surface area contributed by atoms with E-state index in [4.69, 9.17) is 9.84 Å². The molecule has 1 aromatic heterocycles. The van der Waals surface area contributed by atoms with E-state index in [0.717, 1.165) is 5.01 Å². The predicted molar refractivity (Wildman–Crippen MR) is 62.2 cm³/mol. The Hall–Kier alpha value is -1.47. The van der Waals surface area contributed by atoms with Gasteiger partial charge in [0.1, 0.15) is 4.88 Å². The number of rotatable bonds is 5. The van der Waals surface area contributed by atoms with Gasteiger partial charge in [-0.1, -0.05) is 0 Å². The molecular formula is C10H14N2O4S. The van der Waals surface area contributed by atoms with Crippen LogP contribution in [0.3, 0.4) is 0 Å². The lowest BCUT2D eigenvalue weighted by atomic mass is 10.0. The van der Waals surface area contributed by atoms with Crippen LogP contribution in [0.5, 0.6) is 0 Å². The van der Waals surface area contributed by atoms with Crippen molar-refractivity contribution in [2.24, 2.45) is 0 Å². The molecule has 6 nitrogen and oxygen atoms in total. The standard InChI is InChI=1S/C10H14N2O4S/c1-6-11-4-7(17-6)8(13)12-10(2,5-16-3)9(14)15/h4H,5H2,1-3H3,(H,12,13)(H,14,15). The highest BCUT2D eigenvalue weighted by Gasteiger charge is 2.35. The van der Waals surface area contributed by atoms with Crippen molar-refractivity contribution in [1.29, 1.82) is 0 Å². The number of aryl methyl sites for hydroxylation is 1. The Bertz CT molecular complexity index is 432. The SMILES string of the molecule is COCC(C)(NC(=O)c1cnc(C)s1)C(=O)O. The van der Waals surface area contributed by atoms with Gasteiger partial charge in [-0.25, -0.2) is 9.78 Å². The second-order valence-electron chi connectivity index (χ2n) is 3.77. The van der Waals surface area contributed by atoms with Crippen LogP contribution in [0.1, 0.15) is 21.6 Å². The van der Waals surface area contributed by atoms with Crippen LogP contribution in [0.25, 0.3) is 0 Å². The first-order chi connectivity index (χ1) is 7.89. The molecule has 1 rings (SSSR count). The largest absolute Gasteiger partial charge is 0.479 e. The fourth-order valence-electron chi connectivity index (χ4n) is 1.22. The number of ether oxygens (including phenoxy) is 1. The smallest absolute Gasteiger partial charge is 0.331 e. The summed E-state index contributed by atoms with van der Waals surface area (Å²) >= 11 is 1.21. The molecule has 94 valence electrons. The number of carboxylic acids is 1. The summed E-state index contributed by atoms with van der Waals surface area (Å²) in [5.41, 5.74) is -1.44. The van der Waals surface area contributed by atoms with Crippen LogP contribution in [-0.2, 0) is 9.53 Å². The van der Waals surface area contributed by atoms with Crippen molar-refractivity contribution in [1.82, 2.24) is 10.3 Å². The molecule has 1 atom stereocenters. The van der Waals surface area contributed by atoms with E-state index in [2.05, 4.69) is 10.3 Å². The van der Waals surface area contributed by atoms with Crippen molar-refractivity contribution in [3.8, 4) is 0 Å². The quantitative estimate of drug-likeness (QED) is 0.810. The minimum Gasteiger partial charge on any atom is -0.479 e. The van der Waals surface area contributed by atoms with Gasteiger partial charge in [-0.3, -0.25) is 4.79 Å². The Morgan fingerprint density at radius 1 is 1.65 bits per heavy atom. The third-order valence-corrected chi connectivity index (χ3v) is 3.05. The van der Waals surface area contributed by atoms with E-state index in [0.29, 0.717) is 4.88 Å². The summed E-state index contributed by atoms with van der Waals surface area (Å²) < 4.78 is 4.80. The maximum Gasteiger partial charge on any atom is 0.331 e. The summed E-state index contributed by atoms with van der Waals surface area (Å²) in [5.74, 6) is -1.61. The summed E-state index contributed by atoms with van der Waals surface area (Å²) in [6.45, 7) is 3.06. The van der Waals surface area contributed by atoms with Crippen LogP contribution < -0.4 is 5.32 Å². The van der Waals surface area contributed by atoms with Crippen molar-refractivity contribution in [3.05, 3.63) is 16.1 Å². The first-order valence-electron chi connectivity index (χ1n) is 4.86. The molecule has 0 aliphatic rings. The van der Waals surface area contributed by atoms with E-state index in [1.165, 1.54) is 31.6 Å². The molecule has 7 heteroatoms. The van der Waals surface area contributed by atoms with Gasteiger partial charge < -0.3 is 15.2 Å². The van der Waals surface area contributed by atoms with Crippen molar-refractivity contribution in [3.63, 3.8) is 0 Å². The first-order valence-corrected chi connectivity index (χ1v) is 5.68. The average Bonchev–Trinajstić information content (AvgIpc) is 2.65. The molecular weight excluding hydrogens is 244 g/mol. The van der Waals surface area contributed by atoms with E-state index in [1.54, 1.807) is 6.92 Å². The van der Waals surface area contributed by atoms with Gasteiger partial charge in [0.2, 0.25) is 0 Å². The minimum atomic E-state index is -1.44. The topological polar surface area (TPSA) is 88.5 Å². The number of amides is 1. The highest BCUT2D eigenvalue weighted by Crippen LogP contribution is 2.13. The molecule has 0 aliphatic carbocycles. The molecule has 0 bridgehead atoms. The molecule has 1 aromatic rings. The Labute approximate surface area is 103 Å². The molecule has 1 unspecified atom stereocenters. The zero-order valence-electron chi connectivity index (χ0n) is 9.81. The van der Waals surface area contributed by atoms with E-state index in [1.807, 2.05) is 0 Å². The monoisotopic (exact) mass is 258 g/mol. The zero-order valence-corrected chi connectivity index (χ0v) is 10.6. The fourth-order valence-corrected chi connectivity index (χ4v) is 1.89. The van der Waals surface area contributed by atoms with Crippen molar-refractivity contribution in [2.75, 3.05) is 13.7 Å². The third-order valence-electron chi connectivity index (χ3n) is 2.14. The Morgan fingerprint density at radius 3 is 2.71 bits per heavy atom. The third kappa shape index (κ3) is 3.24. The molecule has 0 saturated carbocycles. The van der Waals surface area contributed by atoms with Crippen LogP contribution in [0.2, 0.25) is 0 Å². The van der Waals surface area contributed by atoms with Crippen LogP contribution in [-0.4, -0.2) is 41.2 Å². The van der Waals surface area contributed by atoms with Gasteiger partial charge in [0, 0.05) is 7.11 Å². The second kappa shape index (κ2) is 5.24. The van der Waals surface area contributed by atoms with Gasteiger partial charge >= 0.3 is 5.97 Å². The van der Waals surface area contributed by atoms with Gasteiger partial charge in [-0.15, -0.1) is 11.3 Å². The average molecular weight is 258 g/mol. The summed E-state index contributed by atoms with van der Waals surface area (Å²) in [6.07, 6.45) is 1.42. The van der Waals surface area contributed by atoms with Crippen molar-refractivity contribution in [2.45, 2.75) is 19.4 Å². The number of thiazole rings is 1. The van der Waals surface area contributed by atoms with E-state index < -0.39 is 17.4 Å². The molecule has 0 aliphatic heterocycles. The van der Waals surface area contributed by atoms with Crippen molar-refractivity contribution < 1.29 is 19.4 Å². The number of carbonyl (C=O) groups is 2. The maximum atomic E-state index is 11.8. The van der Waals surface area contributed by atoms with E-state index in [9.17, 15) is 9.59 Å². The lowest BCUT2D eigenvalue weighted by Crippen LogP contribution is -2.55. The number of carboxylic acid groups (broad SMARTS) is 1. The van der Waals surface area contributed by atoms with Crippen LogP contribution >= 0.6 is 11.3 Å². The molecule has 0 saturated heterocycles. The number of hydrogen-bond donors (Lipinski definition) is 2. The molecule has 2 N–H and O–H groups in total. The second-order valence-corrected chi connectivity index (χ2v) is 5.00. The van der Waals surface area contributed by atoms with Gasteiger partial charge in [0.25, 0.3) is 5.91 Å². The summed E-state index contributed by atoms with van der Waals surface area (Å²) in [6, 6.07) is 0. The molecule has 0 aromatic carbocycles. The number of nitrogens with zero attached hydrogens (tertiary/aromatic N) is 1. The molecule has 0 fully saturated rings. The van der Waals surface area contributed by atoms with Crippen LogP contribution in [0.15, 0.2) is 6.20 Å². The van der Waals surface area contributed by atoms with Gasteiger partial charge in [0.15, 0.2) is 5.54 Å². The van der Waals surface area contributed by atoms with Gasteiger partial charge in [-0.2, -0.15) is 0 Å². The Kier molecular flexibility index (Phi) is 4.19. The number of methoxy groups -OCH3 is 1. The lowest BCUT2D eigenvalue weighted by Gasteiger charge is -2.24. The summed E-state index contributed by atoms with van der Waals surface area (Å²) in [4.78, 5) is 27.2. The van der Waals surface area contributed by atoms with Gasteiger partial charge in [0.05, 0.1) is 17.8 Å². The number of nitrogens with one attached hydrogen (secondary N) is 1. The highest BCUT2D eigenvalue weighted by atomic mass is 32.1. The molecule has 17 heavy (non-hydrogen) atoms. The number of aromatic nitrogens is 1. The van der Waals surface area contributed by atoms with E-state index >= 15 is 0 Å². The summed E-state index contributed by atoms with van der Waals surface area (Å²) in [5, 5.41) is 12.2. The molecule has 0 spiro atoms. The number of hydrogen-bond acceptors (Lipinski definition) is 5. The van der Waals surface area contributed by atoms with Crippen LogP contribution in [0, 0.1) is 6.92 Å².